The fraction of sp³-hybridized carbons (Fsp3) is 0.241. The summed E-state index contributed by atoms with van der Waals surface area (Å²) in [4.78, 5) is 24.0. The topological polar surface area (TPSA) is 96.9 Å². The minimum atomic E-state index is -1.54. The number of halogens is 1. The van der Waals surface area contributed by atoms with Crippen molar-refractivity contribution in [2.75, 3.05) is 20.3 Å². The quantitative estimate of drug-likeness (QED) is 0.282. The summed E-state index contributed by atoms with van der Waals surface area (Å²) in [5.41, 5.74) is 2.93. The summed E-state index contributed by atoms with van der Waals surface area (Å²) in [6.45, 7) is 3.76. The van der Waals surface area contributed by atoms with E-state index in [1.54, 1.807) is 30.3 Å². The van der Waals surface area contributed by atoms with Gasteiger partial charge >= 0.3 is 0 Å². The summed E-state index contributed by atoms with van der Waals surface area (Å²) in [6, 6.07) is 18.5. The molecule has 0 heterocycles. The van der Waals surface area contributed by atoms with Crippen molar-refractivity contribution in [3.63, 3.8) is 0 Å². The Labute approximate surface area is 221 Å². The number of carbonyl (C=O) groups is 2. The monoisotopic (exact) mass is 522 g/mol. The molecule has 3 rings (SSSR count). The van der Waals surface area contributed by atoms with Crippen LogP contribution in [0.2, 0.25) is 5.02 Å². The minimum absolute atomic E-state index is 0.385. The third kappa shape index (κ3) is 8.29. The second kappa shape index (κ2) is 13.4. The van der Waals surface area contributed by atoms with E-state index < -0.39 is 17.6 Å². The van der Waals surface area contributed by atoms with Crippen LogP contribution in [0.5, 0.6) is 17.2 Å². The van der Waals surface area contributed by atoms with Gasteiger partial charge in [0.05, 0.1) is 25.4 Å². The average molecular weight is 523 g/mol. The van der Waals surface area contributed by atoms with Gasteiger partial charge in [0.1, 0.15) is 5.75 Å². The van der Waals surface area contributed by atoms with E-state index in [2.05, 4.69) is 17.4 Å². The van der Waals surface area contributed by atoms with E-state index in [0.29, 0.717) is 34.4 Å². The Morgan fingerprint density at radius 3 is 2.32 bits per heavy atom. The molecule has 0 unspecified atom stereocenters. The van der Waals surface area contributed by atoms with E-state index in [0.717, 1.165) is 24.0 Å². The van der Waals surface area contributed by atoms with Crippen LogP contribution in [0.3, 0.4) is 0 Å². The first-order valence-corrected chi connectivity index (χ1v) is 12.1. The average Bonchev–Trinajstić information content (AvgIpc) is 2.89. The molecular weight excluding hydrogens is 494 g/mol. The zero-order valence-corrected chi connectivity index (χ0v) is 21.8. The van der Waals surface area contributed by atoms with Gasteiger partial charge in [-0.25, -0.2) is 0 Å². The molecule has 0 saturated heterocycles. The maximum Gasteiger partial charge on any atom is 0.262 e. The van der Waals surface area contributed by atoms with Crippen LogP contribution >= 0.6 is 11.6 Å². The molecule has 3 aromatic carbocycles. The Morgan fingerprint density at radius 1 is 0.973 bits per heavy atom. The molecule has 0 aliphatic heterocycles. The standard InChI is InChI=1S/C29H30ClNO6/c1-19-14-23(15-20(2)28(19)30)37-18-27(32)31-24(29(33)34)16-22-11-12-25(26(17-22)35-3)36-13-7-10-21-8-5-4-6-9-21/h4-6,8-9,11-12,14-17H,7,10,13,18H2,1-3H3,(H,31,32)(H,33,34)/p-1/b24-16+. The molecular formula is C29H29ClNO6-. The van der Waals surface area contributed by atoms with Crippen LogP contribution < -0.4 is 24.6 Å². The molecule has 0 aliphatic rings. The predicted octanol–water partition coefficient (Wildman–Crippen LogP) is 4.26. The lowest BCUT2D eigenvalue weighted by atomic mass is 10.1. The zero-order valence-electron chi connectivity index (χ0n) is 21.0. The largest absolute Gasteiger partial charge is 0.543 e. The van der Waals surface area contributed by atoms with Gasteiger partial charge in [-0.05, 0) is 79.3 Å². The minimum Gasteiger partial charge on any atom is -0.543 e. The van der Waals surface area contributed by atoms with Gasteiger partial charge in [-0.15, -0.1) is 0 Å². The highest BCUT2D eigenvalue weighted by atomic mass is 35.5. The molecule has 0 atom stereocenters. The van der Waals surface area contributed by atoms with Gasteiger partial charge in [-0.2, -0.15) is 0 Å². The van der Waals surface area contributed by atoms with E-state index in [4.69, 9.17) is 25.8 Å². The van der Waals surface area contributed by atoms with Crippen molar-refractivity contribution in [3.05, 3.63) is 93.6 Å². The third-order valence-corrected chi connectivity index (χ3v) is 6.08. The first-order valence-electron chi connectivity index (χ1n) is 11.7. The maximum absolute atomic E-state index is 12.3. The molecule has 0 spiro atoms. The summed E-state index contributed by atoms with van der Waals surface area (Å²) < 4.78 is 16.8. The SMILES string of the molecule is COc1cc(/C=C(/NC(=O)COc2cc(C)c(Cl)c(C)c2)C(=O)[O-])ccc1OCCCc1ccccc1. The normalized spacial score (nSPS) is 11.1. The molecule has 0 fully saturated rings. The summed E-state index contributed by atoms with van der Waals surface area (Å²) in [7, 11) is 1.50. The van der Waals surface area contributed by atoms with Crippen molar-refractivity contribution < 1.29 is 28.9 Å². The zero-order chi connectivity index (χ0) is 26.8. The summed E-state index contributed by atoms with van der Waals surface area (Å²) in [5.74, 6) is -0.751. The molecule has 194 valence electrons. The van der Waals surface area contributed by atoms with Gasteiger partial charge in [0, 0.05) is 5.02 Å². The number of amides is 1. The maximum atomic E-state index is 12.3. The van der Waals surface area contributed by atoms with E-state index in [1.165, 1.54) is 18.7 Å². The van der Waals surface area contributed by atoms with Crippen LogP contribution in [0.25, 0.3) is 6.08 Å². The Morgan fingerprint density at radius 2 is 1.68 bits per heavy atom. The number of hydrogen-bond acceptors (Lipinski definition) is 6. The van der Waals surface area contributed by atoms with Crippen molar-refractivity contribution in [2.24, 2.45) is 0 Å². The number of aliphatic carboxylic acids is 1. The first kappa shape index (κ1) is 27.6. The van der Waals surface area contributed by atoms with Gasteiger partial charge in [0.25, 0.3) is 5.91 Å². The van der Waals surface area contributed by atoms with Gasteiger partial charge in [0.2, 0.25) is 0 Å². The lowest BCUT2D eigenvalue weighted by molar-refractivity contribution is -0.299. The fourth-order valence-electron chi connectivity index (χ4n) is 3.63. The summed E-state index contributed by atoms with van der Waals surface area (Å²) >= 11 is 6.15. The highest BCUT2D eigenvalue weighted by molar-refractivity contribution is 6.32. The fourth-order valence-corrected chi connectivity index (χ4v) is 3.74. The number of benzene rings is 3. The van der Waals surface area contributed by atoms with E-state index in [9.17, 15) is 14.7 Å². The lowest BCUT2D eigenvalue weighted by Crippen LogP contribution is -2.37. The highest BCUT2D eigenvalue weighted by Crippen LogP contribution is 2.29. The van der Waals surface area contributed by atoms with Crippen molar-refractivity contribution in [3.8, 4) is 17.2 Å². The second-order valence-corrected chi connectivity index (χ2v) is 8.78. The molecule has 37 heavy (non-hydrogen) atoms. The summed E-state index contributed by atoms with van der Waals surface area (Å²) in [5, 5.41) is 14.6. The van der Waals surface area contributed by atoms with Crippen molar-refractivity contribution in [1.82, 2.24) is 5.32 Å². The van der Waals surface area contributed by atoms with Crippen LogP contribution in [0, 0.1) is 13.8 Å². The lowest BCUT2D eigenvalue weighted by Gasteiger charge is -2.14. The number of nitrogens with one attached hydrogen (secondary N) is 1. The Kier molecular flexibility index (Phi) is 9.98. The van der Waals surface area contributed by atoms with Gasteiger partial charge in [-0.3, -0.25) is 4.79 Å². The molecule has 0 saturated carbocycles. The number of carboxylic acid groups (broad SMARTS) is 1. The van der Waals surface area contributed by atoms with Crippen LogP contribution in [0.1, 0.15) is 28.7 Å². The second-order valence-electron chi connectivity index (χ2n) is 8.40. The molecule has 0 radical (unpaired) electrons. The van der Waals surface area contributed by atoms with Crippen molar-refractivity contribution >= 4 is 29.6 Å². The number of rotatable bonds is 12. The number of ether oxygens (including phenoxy) is 3. The Hall–Kier alpha value is -3.97. The van der Waals surface area contributed by atoms with Crippen molar-refractivity contribution in [1.29, 1.82) is 0 Å². The predicted molar refractivity (Wildman–Crippen MR) is 141 cm³/mol. The molecule has 7 nitrogen and oxygen atoms in total. The van der Waals surface area contributed by atoms with E-state index >= 15 is 0 Å². The summed E-state index contributed by atoms with van der Waals surface area (Å²) in [6.07, 6.45) is 3.00. The van der Waals surface area contributed by atoms with Gasteiger partial charge in [-0.1, -0.05) is 48.0 Å². The van der Waals surface area contributed by atoms with Crippen LogP contribution in [0.15, 0.2) is 66.4 Å². The first-order chi connectivity index (χ1) is 17.8. The van der Waals surface area contributed by atoms with E-state index in [1.807, 2.05) is 32.0 Å². The number of hydrogen-bond donors (Lipinski definition) is 1. The van der Waals surface area contributed by atoms with E-state index in [-0.39, 0.29) is 6.61 Å². The van der Waals surface area contributed by atoms with Gasteiger partial charge < -0.3 is 29.4 Å². The van der Waals surface area contributed by atoms with Crippen LogP contribution in [-0.2, 0) is 16.0 Å². The van der Waals surface area contributed by atoms with Crippen LogP contribution in [0.4, 0.5) is 0 Å². The highest BCUT2D eigenvalue weighted by Gasteiger charge is 2.11. The number of methoxy groups -OCH3 is 1. The Bertz CT molecular complexity index is 1250. The molecule has 1 amide bonds. The molecule has 0 bridgehead atoms. The molecule has 0 aromatic heterocycles. The van der Waals surface area contributed by atoms with Crippen LogP contribution in [-0.4, -0.2) is 32.2 Å². The molecule has 3 aromatic rings. The molecule has 0 aliphatic carbocycles. The number of carbonyl (C=O) groups excluding carboxylic acids is 2. The Balaban J connectivity index is 1.60. The van der Waals surface area contributed by atoms with Crippen molar-refractivity contribution in [2.45, 2.75) is 26.7 Å². The molecule has 8 heteroatoms. The molecule has 1 N–H and O–H groups in total. The third-order valence-electron chi connectivity index (χ3n) is 5.48. The number of carboxylic acids is 1. The van der Waals surface area contributed by atoms with Gasteiger partial charge in [0.15, 0.2) is 18.1 Å². The smallest absolute Gasteiger partial charge is 0.262 e. The number of aryl methyl sites for hydroxylation is 3.